The van der Waals surface area contributed by atoms with Crippen LogP contribution >= 0.6 is 11.6 Å². The summed E-state index contributed by atoms with van der Waals surface area (Å²) in [6.07, 6.45) is 1.30. The molecule has 0 amide bonds. The minimum absolute atomic E-state index is 0.0441. The zero-order valence-electron chi connectivity index (χ0n) is 11.9. The highest BCUT2D eigenvalue weighted by molar-refractivity contribution is 7.89. The highest BCUT2D eigenvalue weighted by Gasteiger charge is 2.30. The molecule has 2 rings (SSSR count). The molecule has 0 aromatic heterocycles. The van der Waals surface area contributed by atoms with Gasteiger partial charge in [-0.1, -0.05) is 6.07 Å². The first kappa shape index (κ1) is 16.7. The normalized spacial score (nSPS) is 18.0. The summed E-state index contributed by atoms with van der Waals surface area (Å²) >= 11 is 5.57. The predicted octanol–water partition coefficient (Wildman–Crippen LogP) is 2.54. The van der Waals surface area contributed by atoms with E-state index in [9.17, 15) is 12.8 Å². The first-order valence-corrected chi connectivity index (χ1v) is 8.86. The molecule has 1 aliphatic heterocycles. The lowest BCUT2D eigenvalue weighted by atomic mass is 10.1. The van der Waals surface area contributed by atoms with Crippen molar-refractivity contribution in [3.8, 4) is 0 Å². The van der Waals surface area contributed by atoms with Crippen LogP contribution in [0.3, 0.4) is 0 Å². The van der Waals surface area contributed by atoms with Crippen molar-refractivity contribution in [1.29, 1.82) is 0 Å². The molecule has 118 valence electrons. The molecule has 0 aliphatic carbocycles. The topological polar surface area (TPSA) is 46.6 Å². The zero-order chi connectivity index (χ0) is 15.5. The van der Waals surface area contributed by atoms with Crippen LogP contribution in [0.15, 0.2) is 23.1 Å². The number of hydrogen-bond acceptors (Lipinski definition) is 3. The molecule has 1 fully saturated rings. The Morgan fingerprint density at radius 2 is 2.05 bits per heavy atom. The van der Waals surface area contributed by atoms with Gasteiger partial charge in [-0.05, 0) is 37.5 Å². The average molecular weight is 336 g/mol. The number of rotatable bonds is 5. The van der Waals surface area contributed by atoms with E-state index in [4.69, 9.17) is 16.3 Å². The molecular formula is C14H19ClFNO3S. The maximum atomic E-state index is 13.3. The van der Waals surface area contributed by atoms with Gasteiger partial charge < -0.3 is 4.74 Å². The summed E-state index contributed by atoms with van der Waals surface area (Å²) in [6.45, 7) is 2.90. The van der Waals surface area contributed by atoms with Crippen molar-refractivity contribution in [2.24, 2.45) is 0 Å². The van der Waals surface area contributed by atoms with Gasteiger partial charge in [0.15, 0.2) is 0 Å². The Morgan fingerprint density at radius 3 is 2.67 bits per heavy atom. The number of piperidine rings is 1. The van der Waals surface area contributed by atoms with Gasteiger partial charge in [0.1, 0.15) is 5.82 Å². The summed E-state index contributed by atoms with van der Waals surface area (Å²) in [5.74, 6) is -0.111. The van der Waals surface area contributed by atoms with Gasteiger partial charge in [0, 0.05) is 19.0 Å². The lowest BCUT2D eigenvalue weighted by Gasteiger charge is -2.31. The molecule has 0 unspecified atom stereocenters. The number of aryl methyl sites for hydroxylation is 1. The molecular weight excluding hydrogens is 317 g/mol. The monoisotopic (exact) mass is 335 g/mol. The lowest BCUT2D eigenvalue weighted by Crippen LogP contribution is -2.41. The first-order chi connectivity index (χ1) is 9.95. The molecule has 1 saturated heterocycles. The third-order valence-electron chi connectivity index (χ3n) is 3.60. The highest BCUT2D eigenvalue weighted by atomic mass is 35.5. The van der Waals surface area contributed by atoms with E-state index in [1.54, 1.807) is 6.92 Å². The second kappa shape index (κ2) is 7.05. The van der Waals surface area contributed by atoms with Crippen molar-refractivity contribution in [1.82, 2.24) is 4.31 Å². The second-order valence-electron chi connectivity index (χ2n) is 5.07. The summed E-state index contributed by atoms with van der Waals surface area (Å²) in [6, 6.07) is 3.83. The van der Waals surface area contributed by atoms with Gasteiger partial charge in [-0.3, -0.25) is 0 Å². The van der Waals surface area contributed by atoms with Crippen LogP contribution in [0.5, 0.6) is 0 Å². The number of sulfonamides is 1. The molecule has 1 aliphatic rings. The van der Waals surface area contributed by atoms with E-state index in [-0.39, 0.29) is 11.0 Å². The fourth-order valence-corrected chi connectivity index (χ4v) is 4.24. The van der Waals surface area contributed by atoms with Crippen molar-refractivity contribution >= 4 is 21.6 Å². The van der Waals surface area contributed by atoms with Crippen molar-refractivity contribution < 1.29 is 17.5 Å². The second-order valence-corrected chi connectivity index (χ2v) is 7.36. The molecule has 0 bridgehead atoms. The maximum Gasteiger partial charge on any atom is 0.243 e. The van der Waals surface area contributed by atoms with Gasteiger partial charge in [-0.2, -0.15) is 4.31 Å². The summed E-state index contributed by atoms with van der Waals surface area (Å²) in [5, 5.41) is 0. The Labute approximate surface area is 129 Å². The standard InChI is InChI=1S/C14H19ClFNO3S/c1-11-2-3-12(16)10-14(11)21(18,19)17-7-4-13(5-8-17)20-9-6-15/h2-3,10,13H,4-9H2,1H3. The van der Waals surface area contributed by atoms with E-state index in [0.29, 0.717) is 44.0 Å². The molecule has 1 aromatic carbocycles. The van der Waals surface area contributed by atoms with Crippen molar-refractivity contribution in [2.45, 2.75) is 30.8 Å². The smallest absolute Gasteiger partial charge is 0.243 e. The molecule has 1 heterocycles. The van der Waals surface area contributed by atoms with E-state index in [1.165, 1.54) is 16.4 Å². The number of alkyl halides is 1. The highest BCUT2D eigenvalue weighted by Crippen LogP contribution is 2.25. The average Bonchev–Trinajstić information content (AvgIpc) is 2.48. The van der Waals surface area contributed by atoms with Crippen LogP contribution in [-0.2, 0) is 14.8 Å². The Balaban J connectivity index is 2.10. The van der Waals surface area contributed by atoms with Crippen LogP contribution in [0, 0.1) is 12.7 Å². The molecule has 0 spiro atoms. The number of nitrogens with zero attached hydrogens (tertiary/aromatic N) is 1. The van der Waals surface area contributed by atoms with E-state index >= 15 is 0 Å². The van der Waals surface area contributed by atoms with E-state index < -0.39 is 15.8 Å². The molecule has 1 aromatic rings. The van der Waals surface area contributed by atoms with E-state index in [2.05, 4.69) is 0 Å². The third-order valence-corrected chi connectivity index (χ3v) is 5.79. The number of halogens is 2. The van der Waals surface area contributed by atoms with Crippen molar-refractivity contribution in [3.05, 3.63) is 29.6 Å². The quantitative estimate of drug-likeness (QED) is 0.777. The number of benzene rings is 1. The Kier molecular flexibility index (Phi) is 5.60. The van der Waals surface area contributed by atoms with Gasteiger partial charge in [-0.15, -0.1) is 11.6 Å². The minimum Gasteiger partial charge on any atom is -0.377 e. The van der Waals surface area contributed by atoms with Gasteiger partial charge in [0.25, 0.3) is 0 Å². The van der Waals surface area contributed by atoms with Crippen LogP contribution in [0.4, 0.5) is 4.39 Å². The summed E-state index contributed by atoms with van der Waals surface area (Å²) in [4.78, 5) is 0.0441. The first-order valence-electron chi connectivity index (χ1n) is 6.89. The molecule has 0 radical (unpaired) electrons. The predicted molar refractivity (Wildman–Crippen MR) is 79.6 cm³/mol. The Bertz CT molecular complexity index is 586. The third kappa shape index (κ3) is 3.94. The number of hydrogen-bond donors (Lipinski definition) is 0. The van der Waals surface area contributed by atoms with Crippen LogP contribution in [-0.4, -0.2) is 44.4 Å². The van der Waals surface area contributed by atoms with Crippen LogP contribution in [0.1, 0.15) is 18.4 Å². The largest absolute Gasteiger partial charge is 0.377 e. The van der Waals surface area contributed by atoms with Crippen LogP contribution < -0.4 is 0 Å². The van der Waals surface area contributed by atoms with Crippen molar-refractivity contribution in [3.63, 3.8) is 0 Å². The molecule has 0 saturated carbocycles. The van der Waals surface area contributed by atoms with Gasteiger partial charge in [-0.25, -0.2) is 12.8 Å². The van der Waals surface area contributed by atoms with Gasteiger partial charge in [0.05, 0.1) is 17.6 Å². The molecule has 21 heavy (non-hydrogen) atoms. The Hall–Kier alpha value is -0.690. The lowest BCUT2D eigenvalue weighted by molar-refractivity contribution is 0.0301. The van der Waals surface area contributed by atoms with E-state index in [0.717, 1.165) is 6.07 Å². The van der Waals surface area contributed by atoms with Crippen LogP contribution in [0.25, 0.3) is 0 Å². The minimum atomic E-state index is -3.65. The van der Waals surface area contributed by atoms with Gasteiger partial charge >= 0.3 is 0 Å². The van der Waals surface area contributed by atoms with E-state index in [1.807, 2.05) is 0 Å². The maximum absolute atomic E-state index is 13.3. The molecule has 0 N–H and O–H groups in total. The Morgan fingerprint density at radius 1 is 1.38 bits per heavy atom. The SMILES string of the molecule is Cc1ccc(F)cc1S(=O)(=O)N1CCC(OCCCl)CC1. The number of ether oxygens (including phenoxy) is 1. The summed E-state index contributed by atoms with van der Waals surface area (Å²) in [7, 11) is -3.65. The van der Waals surface area contributed by atoms with Gasteiger partial charge in [0.2, 0.25) is 10.0 Å². The molecule has 4 nitrogen and oxygen atoms in total. The summed E-state index contributed by atoms with van der Waals surface area (Å²) in [5.41, 5.74) is 0.553. The fourth-order valence-electron chi connectivity index (χ4n) is 2.44. The van der Waals surface area contributed by atoms with Crippen LogP contribution in [0.2, 0.25) is 0 Å². The molecule has 7 heteroatoms. The molecule has 0 atom stereocenters. The summed E-state index contributed by atoms with van der Waals surface area (Å²) < 4.78 is 45.4. The zero-order valence-corrected chi connectivity index (χ0v) is 13.5. The fraction of sp³-hybridized carbons (Fsp3) is 0.571. The van der Waals surface area contributed by atoms with Crippen molar-refractivity contribution in [2.75, 3.05) is 25.6 Å².